The summed E-state index contributed by atoms with van der Waals surface area (Å²) in [5, 5.41) is 11.2. The number of nitrogens with zero attached hydrogens (tertiary/aromatic N) is 2. The number of piperazine rings is 1. The zero-order valence-electron chi connectivity index (χ0n) is 11.4. The maximum atomic E-state index is 11.9. The van der Waals surface area contributed by atoms with Gasteiger partial charge < -0.3 is 10.0 Å². The quantitative estimate of drug-likeness (QED) is 0.756. The summed E-state index contributed by atoms with van der Waals surface area (Å²) in [5.41, 5.74) is -0.270. The van der Waals surface area contributed by atoms with Crippen LogP contribution in [0.5, 0.6) is 0 Å². The lowest BCUT2D eigenvalue weighted by atomic mass is 9.98. The van der Waals surface area contributed by atoms with Gasteiger partial charge in [0.05, 0.1) is 12.1 Å². The molecule has 0 bridgehead atoms. The van der Waals surface area contributed by atoms with E-state index >= 15 is 0 Å². The summed E-state index contributed by atoms with van der Waals surface area (Å²) in [7, 11) is 0. The van der Waals surface area contributed by atoms with Crippen LogP contribution in [0.4, 0.5) is 5.82 Å². The van der Waals surface area contributed by atoms with E-state index in [1.165, 1.54) is 12.3 Å². The van der Waals surface area contributed by atoms with Crippen molar-refractivity contribution >= 4 is 23.6 Å². The molecule has 0 spiro atoms. The number of carboxylic acid groups (broad SMARTS) is 1. The molecule has 0 aliphatic carbocycles. The molecule has 1 saturated heterocycles. The first-order valence-electron chi connectivity index (χ1n) is 6.05. The number of imide groups is 1. The molecule has 1 aromatic heterocycles. The first-order chi connectivity index (χ1) is 9.23. The zero-order chi connectivity index (χ0) is 15.1. The van der Waals surface area contributed by atoms with Gasteiger partial charge >= 0.3 is 5.97 Å². The number of carbonyl (C=O) groups is 3. The van der Waals surface area contributed by atoms with Gasteiger partial charge in [0.15, 0.2) is 0 Å². The summed E-state index contributed by atoms with van der Waals surface area (Å²) in [4.78, 5) is 40.0. The van der Waals surface area contributed by atoms with Gasteiger partial charge in [-0.3, -0.25) is 14.9 Å². The van der Waals surface area contributed by atoms with Crippen LogP contribution in [0, 0.1) is 6.92 Å². The average Bonchev–Trinajstić information content (AvgIpc) is 2.34. The molecule has 0 unspecified atom stereocenters. The lowest BCUT2D eigenvalue weighted by Gasteiger charge is -2.41. The van der Waals surface area contributed by atoms with E-state index in [4.69, 9.17) is 5.11 Å². The van der Waals surface area contributed by atoms with Crippen molar-refractivity contribution in [3.05, 3.63) is 23.4 Å². The third kappa shape index (κ3) is 2.22. The second-order valence-corrected chi connectivity index (χ2v) is 5.19. The lowest BCUT2D eigenvalue weighted by Crippen LogP contribution is -2.64. The number of anilines is 1. The molecule has 20 heavy (non-hydrogen) atoms. The maximum Gasteiger partial charge on any atom is 0.337 e. The van der Waals surface area contributed by atoms with Crippen LogP contribution >= 0.6 is 0 Å². The largest absolute Gasteiger partial charge is 0.478 e. The van der Waals surface area contributed by atoms with E-state index in [9.17, 15) is 14.4 Å². The third-order valence-electron chi connectivity index (χ3n) is 3.34. The van der Waals surface area contributed by atoms with E-state index < -0.39 is 23.3 Å². The number of carbonyl (C=O) groups excluding carboxylic acids is 2. The number of amides is 2. The summed E-state index contributed by atoms with van der Waals surface area (Å²) < 4.78 is 0. The Morgan fingerprint density at radius 1 is 1.45 bits per heavy atom. The Kier molecular flexibility index (Phi) is 3.21. The number of hydrogen-bond acceptors (Lipinski definition) is 5. The Morgan fingerprint density at radius 3 is 2.65 bits per heavy atom. The monoisotopic (exact) mass is 277 g/mol. The Balaban J connectivity index is 2.46. The molecule has 0 aromatic carbocycles. The fourth-order valence-corrected chi connectivity index (χ4v) is 2.09. The van der Waals surface area contributed by atoms with Crippen molar-refractivity contribution in [1.82, 2.24) is 10.3 Å². The highest BCUT2D eigenvalue weighted by molar-refractivity contribution is 6.06. The van der Waals surface area contributed by atoms with Gasteiger partial charge in [0.25, 0.3) is 5.91 Å². The minimum atomic E-state index is -1.07. The molecule has 2 heterocycles. The molecule has 1 fully saturated rings. The van der Waals surface area contributed by atoms with Gasteiger partial charge in [-0.1, -0.05) is 0 Å². The Morgan fingerprint density at radius 2 is 2.10 bits per heavy atom. The Hall–Kier alpha value is -2.44. The topological polar surface area (TPSA) is 99.6 Å². The number of aryl methyl sites for hydroxylation is 1. The minimum Gasteiger partial charge on any atom is -0.478 e. The highest BCUT2D eigenvalue weighted by Crippen LogP contribution is 2.27. The number of pyridine rings is 1. The van der Waals surface area contributed by atoms with Gasteiger partial charge in [-0.15, -0.1) is 0 Å². The molecule has 1 aliphatic rings. The van der Waals surface area contributed by atoms with Crippen LogP contribution in [0.1, 0.15) is 29.8 Å². The van der Waals surface area contributed by atoms with Crippen LogP contribution in [-0.2, 0) is 9.59 Å². The van der Waals surface area contributed by atoms with Crippen LogP contribution < -0.4 is 10.2 Å². The van der Waals surface area contributed by atoms with Crippen molar-refractivity contribution in [1.29, 1.82) is 0 Å². The van der Waals surface area contributed by atoms with Crippen molar-refractivity contribution in [2.75, 3.05) is 11.4 Å². The van der Waals surface area contributed by atoms with E-state index in [1.54, 1.807) is 25.7 Å². The molecule has 7 heteroatoms. The summed E-state index contributed by atoms with van der Waals surface area (Å²) in [6.07, 6.45) is 1.22. The van der Waals surface area contributed by atoms with Gasteiger partial charge in [0, 0.05) is 6.20 Å². The molecule has 7 nitrogen and oxygen atoms in total. The van der Waals surface area contributed by atoms with Crippen molar-refractivity contribution in [2.24, 2.45) is 0 Å². The number of aromatic nitrogens is 1. The number of rotatable bonds is 2. The highest BCUT2D eigenvalue weighted by atomic mass is 16.4. The zero-order valence-corrected chi connectivity index (χ0v) is 11.4. The predicted octanol–water partition coefficient (Wildman–Crippen LogP) is 0.330. The number of aromatic carboxylic acids is 1. The predicted molar refractivity (Wildman–Crippen MR) is 70.5 cm³/mol. The fraction of sp³-hybridized carbons (Fsp3) is 0.385. The van der Waals surface area contributed by atoms with Crippen molar-refractivity contribution < 1.29 is 19.5 Å². The van der Waals surface area contributed by atoms with Crippen molar-refractivity contribution in [3.63, 3.8) is 0 Å². The van der Waals surface area contributed by atoms with Crippen LogP contribution in [0.15, 0.2) is 12.3 Å². The molecule has 1 aromatic rings. The maximum absolute atomic E-state index is 11.9. The van der Waals surface area contributed by atoms with E-state index in [0.29, 0.717) is 11.4 Å². The van der Waals surface area contributed by atoms with Gasteiger partial charge in [-0.2, -0.15) is 0 Å². The first-order valence-corrected chi connectivity index (χ1v) is 6.05. The second-order valence-electron chi connectivity index (χ2n) is 5.19. The summed E-state index contributed by atoms with van der Waals surface area (Å²) in [6, 6.07) is 1.47. The van der Waals surface area contributed by atoms with Crippen LogP contribution in [0.3, 0.4) is 0 Å². The SMILES string of the molecule is Cc1cc(C(=O)O)cnc1N1CC(=O)NC(=O)C1(C)C. The lowest BCUT2D eigenvalue weighted by molar-refractivity contribution is -0.135. The Bertz CT molecular complexity index is 610. The second kappa shape index (κ2) is 4.59. The molecule has 0 atom stereocenters. The summed E-state index contributed by atoms with van der Waals surface area (Å²) >= 11 is 0. The van der Waals surface area contributed by atoms with Crippen LogP contribution in [-0.4, -0.2) is 40.0 Å². The van der Waals surface area contributed by atoms with E-state index in [2.05, 4.69) is 10.3 Å². The number of hydrogen-bond donors (Lipinski definition) is 2. The third-order valence-corrected chi connectivity index (χ3v) is 3.34. The van der Waals surface area contributed by atoms with E-state index in [1.807, 2.05) is 0 Å². The average molecular weight is 277 g/mol. The molecule has 1 aliphatic heterocycles. The van der Waals surface area contributed by atoms with Crippen LogP contribution in [0.25, 0.3) is 0 Å². The molecule has 2 N–H and O–H groups in total. The molecule has 0 saturated carbocycles. The molecule has 2 rings (SSSR count). The standard InChI is InChI=1S/C13H15N3O4/c1-7-4-8(11(18)19)5-14-10(7)16-6-9(17)15-12(20)13(16,2)3/h4-5H,6H2,1-3H3,(H,18,19)(H,15,17,20). The van der Waals surface area contributed by atoms with Gasteiger partial charge in [-0.25, -0.2) is 9.78 Å². The van der Waals surface area contributed by atoms with E-state index in [-0.39, 0.29) is 12.1 Å². The minimum absolute atomic E-state index is 0.000994. The number of carboxylic acids is 1. The summed E-state index contributed by atoms with van der Waals surface area (Å²) in [5.74, 6) is -1.45. The normalized spacial score (nSPS) is 17.9. The number of nitrogens with one attached hydrogen (secondary N) is 1. The van der Waals surface area contributed by atoms with Gasteiger partial charge in [0.2, 0.25) is 5.91 Å². The van der Waals surface area contributed by atoms with Gasteiger partial charge in [-0.05, 0) is 32.4 Å². The Labute approximate surface area is 115 Å². The highest BCUT2D eigenvalue weighted by Gasteiger charge is 2.42. The molecule has 106 valence electrons. The summed E-state index contributed by atoms with van der Waals surface area (Å²) in [6.45, 7) is 5.06. The van der Waals surface area contributed by atoms with Crippen molar-refractivity contribution in [2.45, 2.75) is 26.3 Å². The molecule has 0 radical (unpaired) electrons. The molecule has 2 amide bonds. The smallest absolute Gasteiger partial charge is 0.337 e. The fourth-order valence-electron chi connectivity index (χ4n) is 2.09. The van der Waals surface area contributed by atoms with Gasteiger partial charge in [0.1, 0.15) is 11.4 Å². The van der Waals surface area contributed by atoms with Crippen molar-refractivity contribution in [3.8, 4) is 0 Å². The molecular weight excluding hydrogens is 262 g/mol. The van der Waals surface area contributed by atoms with E-state index in [0.717, 1.165) is 0 Å². The first kappa shape index (κ1) is 14.0. The van der Waals surface area contributed by atoms with Crippen LogP contribution in [0.2, 0.25) is 0 Å². The molecular formula is C13H15N3O4.